The van der Waals surface area contributed by atoms with E-state index in [1.54, 1.807) is 42.5 Å². The molecule has 24 heavy (non-hydrogen) atoms. The molecule has 0 radical (unpaired) electrons. The van der Waals surface area contributed by atoms with Crippen molar-refractivity contribution in [3.05, 3.63) is 81.9 Å². The zero-order valence-corrected chi connectivity index (χ0v) is 13.4. The first-order chi connectivity index (χ1) is 11.6. The number of rotatable bonds is 5. The van der Waals surface area contributed by atoms with Gasteiger partial charge in [-0.05, 0) is 53.2 Å². The molecule has 1 amide bonds. The van der Waals surface area contributed by atoms with Crippen molar-refractivity contribution in [3.63, 3.8) is 0 Å². The van der Waals surface area contributed by atoms with E-state index in [0.29, 0.717) is 22.5 Å². The van der Waals surface area contributed by atoms with Crippen LogP contribution in [0.2, 0.25) is 0 Å². The van der Waals surface area contributed by atoms with Gasteiger partial charge in [0.25, 0.3) is 5.91 Å². The lowest BCUT2D eigenvalue weighted by Gasteiger charge is -2.25. The summed E-state index contributed by atoms with van der Waals surface area (Å²) < 4.78 is 5.36. The van der Waals surface area contributed by atoms with Gasteiger partial charge in [0.1, 0.15) is 5.76 Å². The number of hydrogen-bond donors (Lipinski definition) is 2. The fraction of sp³-hybridized carbons (Fsp3) is 0.111. The van der Waals surface area contributed by atoms with Gasteiger partial charge < -0.3 is 14.8 Å². The standard InChI is InChI=1S/C18H14N2O3S/c19-10-13-3-5-14(6-4-13)17(21)20-12-18(22,15-7-9-24-11-15)16-2-1-8-23-16/h1-9,11,22H,12H2,(H,20,21). The van der Waals surface area contributed by atoms with Crippen LogP contribution in [-0.4, -0.2) is 17.6 Å². The molecule has 1 aromatic carbocycles. The molecule has 2 aromatic heterocycles. The monoisotopic (exact) mass is 338 g/mol. The van der Waals surface area contributed by atoms with E-state index in [9.17, 15) is 9.90 Å². The second-order valence-corrected chi connectivity index (χ2v) is 6.00. The van der Waals surface area contributed by atoms with E-state index in [0.717, 1.165) is 0 Å². The molecule has 0 aliphatic rings. The molecule has 5 nitrogen and oxygen atoms in total. The van der Waals surface area contributed by atoms with Crippen LogP contribution >= 0.6 is 11.3 Å². The predicted molar refractivity (Wildman–Crippen MR) is 89.5 cm³/mol. The molecule has 0 fully saturated rings. The summed E-state index contributed by atoms with van der Waals surface area (Å²) in [4.78, 5) is 12.3. The highest BCUT2D eigenvalue weighted by molar-refractivity contribution is 7.08. The highest BCUT2D eigenvalue weighted by Crippen LogP contribution is 2.31. The summed E-state index contributed by atoms with van der Waals surface area (Å²) >= 11 is 1.45. The van der Waals surface area contributed by atoms with E-state index in [-0.39, 0.29) is 12.5 Å². The summed E-state index contributed by atoms with van der Waals surface area (Å²) in [5, 5.41) is 26.3. The maximum atomic E-state index is 12.3. The number of thiophene rings is 1. The highest BCUT2D eigenvalue weighted by Gasteiger charge is 2.35. The molecule has 3 rings (SSSR count). The smallest absolute Gasteiger partial charge is 0.251 e. The Kier molecular flexibility index (Phi) is 4.47. The quantitative estimate of drug-likeness (QED) is 0.749. The molecule has 1 atom stereocenters. The Hall–Kier alpha value is -2.88. The molecular weight excluding hydrogens is 324 g/mol. The number of carbonyl (C=O) groups excluding carboxylic acids is 1. The number of aliphatic hydroxyl groups is 1. The largest absolute Gasteiger partial charge is 0.466 e. The van der Waals surface area contributed by atoms with Gasteiger partial charge in [0.15, 0.2) is 5.60 Å². The fourth-order valence-electron chi connectivity index (χ4n) is 2.35. The maximum Gasteiger partial charge on any atom is 0.251 e. The number of amides is 1. The third-order valence-corrected chi connectivity index (χ3v) is 4.39. The van der Waals surface area contributed by atoms with Crippen molar-refractivity contribution in [2.24, 2.45) is 0 Å². The Labute approximate surface area is 142 Å². The van der Waals surface area contributed by atoms with E-state index in [1.807, 2.05) is 16.8 Å². The third kappa shape index (κ3) is 3.08. The Morgan fingerprint density at radius 2 is 2.08 bits per heavy atom. The van der Waals surface area contributed by atoms with Gasteiger partial charge in [-0.15, -0.1) is 0 Å². The van der Waals surface area contributed by atoms with E-state index in [2.05, 4.69) is 5.32 Å². The summed E-state index contributed by atoms with van der Waals surface area (Å²) in [6, 6.07) is 13.5. The number of nitriles is 1. The summed E-state index contributed by atoms with van der Waals surface area (Å²) in [5.41, 5.74) is 0.117. The molecule has 0 aliphatic heterocycles. The summed E-state index contributed by atoms with van der Waals surface area (Å²) in [7, 11) is 0. The Balaban J connectivity index is 1.79. The number of furan rings is 1. The van der Waals surface area contributed by atoms with E-state index >= 15 is 0 Å². The minimum Gasteiger partial charge on any atom is -0.466 e. The van der Waals surface area contributed by atoms with Crippen LogP contribution in [0.5, 0.6) is 0 Å². The van der Waals surface area contributed by atoms with Gasteiger partial charge in [-0.3, -0.25) is 4.79 Å². The lowest BCUT2D eigenvalue weighted by Crippen LogP contribution is -2.41. The topological polar surface area (TPSA) is 86.3 Å². The molecule has 0 bridgehead atoms. The average molecular weight is 338 g/mol. The van der Waals surface area contributed by atoms with Gasteiger partial charge in [-0.2, -0.15) is 16.6 Å². The molecule has 0 saturated heterocycles. The lowest BCUT2D eigenvalue weighted by atomic mass is 9.93. The van der Waals surface area contributed by atoms with Crippen molar-refractivity contribution < 1.29 is 14.3 Å². The molecule has 0 saturated carbocycles. The summed E-state index contributed by atoms with van der Waals surface area (Å²) in [5.74, 6) is 0.0285. The van der Waals surface area contributed by atoms with Gasteiger partial charge >= 0.3 is 0 Å². The minimum absolute atomic E-state index is 0.0317. The number of nitrogens with one attached hydrogen (secondary N) is 1. The summed E-state index contributed by atoms with van der Waals surface area (Å²) in [6.07, 6.45) is 1.48. The Morgan fingerprint density at radius 3 is 2.67 bits per heavy atom. The van der Waals surface area contributed by atoms with Crippen LogP contribution in [0.15, 0.2) is 63.9 Å². The van der Waals surface area contributed by atoms with Crippen molar-refractivity contribution in [2.75, 3.05) is 6.54 Å². The number of hydrogen-bond acceptors (Lipinski definition) is 5. The van der Waals surface area contributed by atoms with Crippen LogP contribution in [-0.2, 0) is 5.60 Å². The molecule has 1 unspecified atom stereocenters. The van der Waals surface area contributed by atoms with Crippen LogP contribution in [0.25, 0.3) is 0 Å². The average Bonchev–Trinajstić information content (AvgIpc) is 3.33. The normalized spacial score (nSPS) is 13.0. The lowest BCUT2D eigenvalue weighted by molar-refractivity contribution is 0.0528. The van der Waals surface area contributed by atoms with Crippen molar-refractivity contribution in [2.45, 2.75) is 5.60 Å². The number of carbonyl (C=O) groups is 1. The SMILES string of the molecule is N#Cc1ccc(C(=O)NCC(O)(c2ccsc2)c2ccco2)cc1. The molecule has 0 aliphatic carbocycles. The van der Waals surface area contributed by atoms with Crippen LogP contribution in [0.1, 0.15) is 27.2 Å². The molecule has 3 aromatic rings. The Bertz CT molecular complexity index is 813. The van der Waals surface area contributed by atoms with Crippen LogP contribution in [0.4, 0.5) is 0 Å². The Morgan fingerprint density at radius 1 is 1.29 bits per heavy atom. The molecule has 2 N–H and O–H groups in total. The van der Waals surface area contributed by atoms with Crippen molar-refractivity contribution >= 4 is 17.2 Å². The van der Waals surface area contributed by atoms with Gasteiger partial charge in [0.05, 0.1) is 24.4 Å². The number of nitrogens with zero attached hydrogens (tertiary/aromatic N) is 1. The molecular formula is C18H14N2O3S. The first kappa shape index (κ1) is 16.0. The van der Waals surface area contributed by atoms with E-state index < -0.39 is 5.60 Å². The second kappa shape index (κ2) is 6.71. The third-order valence-electron chi connectivity index (χ3n) is 3.71. The first-order valence-electron chi connectivity index (χ1n) is 7.21. The van der Waals surface area contributed by atoms with Crippen molar-refractivity contribution in [1.82, 2.24) is 5.32 Å². The molecule has 120 valence electrons. The zero-order valence-electron chi connectivity index (χ0n) is 12.6. The van der Waals surface area contributed by atoms with Crippen molar-refractivity contribution in [1.29, 1.82) is 5.26 Å². The van der Waals surface area contributed by atoms with E-state index in [1.165, 1.54) is 17.6 Å². The second-order valence-electron chi connectivity index (χ2n) is 5.22. The summed E-state index contributed by atoms with van der Waals surface area (Å²) in [6.45, 7) is -0.0317. The van der Waals surface area contributed by atoms with Crippen LogP contribution in [0, 0.1) is 11.3 Å². The molecule has 0 spiro atoms. The highest BCUT2D eigenvalue weighted by atomic mass is 32.1. The zero-order chi connectivity index (χ0) is 17.0. The van der Waals surface area contributed by atoms with Crippen LogP contribution in [0.3, 0.4) is 0 Å². The van der Waals surface area contributed by atoms with Gasteiger partial charge in [-0.1, -0.05) is 0 Å². The maximum absolute atomic E-state index is 12.3. The van der Waals surface area contributed by atoms with Gasteiger partial charge in [0, 0.05) is 11.1 Å². The predicted octanol–water partition coefficient (Wildman–Crippen LogP) is 2.88. The van der Waals surface area contributed by atoms with E-state index in [4.69, 9.17) is 9.68 Å². The molecule has 2 heterocycles. The van der Waals surface area contributed by atoms with Crippen LogP contribution < -0.4 is 5.32 Å². The van der Waals surface area contributed by atoms with Gasteiger partial charge in [-0.25, -0.2) is 0 Å². The van der Waals surface area contributed by atoms with Crippen molar-refractivity contribution in [3.8, 4) is 6.07 Å². The minimum atomic E-state index is -1.44. The fourth-order valence-corrected chi connectivity index (χ4v) is 3.08. The van der Waals surface area contributed by atoms with Gasteiger partial charge in [0.2, 0.25) is 0 Å². The molecule has 6 heteroatoms. The first-order valence-corrected chi connectivity index (χ1v) is 8.15. The number of benzene rings is 1.